The molecule has 1 unspecified atom stereocenters. The van der Waals surface area contributed by atoms with Gasteiger partial charge in [-0.3, -0.25) is 4.99 Å². The highest BCUT2D eigenvalue weighted by Crippen LogP contribution is 2.24. The zero-order valence-electron chi connectivity index (χ0n) is 16.9. The number of anilines is 1. The molecule has 0 radical (unpaired) electrons. The van der Waals surface area contributed by atoms with Gasteiger partial charge in [-0.1, -0.05) is 0 Å². The Morgan fingerprint density at radius 3 is 2.89 bits per heavy atom. The van der Waals surface area contributed by atoms with Crippen LogP contribution in [0.5, 0.6) is 0 Å². The molecule has 0 amide bonds. The van der Waals surface area contributed by atoms with Gasteiger partial charge < -0.3 is 25.0 Å². The maximum Gasteiger partial charge on any atom is 0.191 e. The molecule has 160 valence electrons. The number of nitrogens with zero attached hydrogens (tertiary/aromatic N) is 2. The van der Waals surface area contributed by atoms with Crippen LogP contribution in [0, 0.1) is 5.92 Å². The average Bonchev–Trinajstić information content (AvgIpc) is 3.39. The van der Waals surface area contributed by atoms with Crippen LogP contribution in [0.15, 0.2) is 22.5 Å². The third-order valence-corrected chi connectivity index (χ3v) is 6.02. The number of guanidine groups is 1. The molecule has 2 N–H and O–H groups in total. The van der Waals surface area contributed by atoms with Gasteiger partial charge in [0.2, 0.25) is 0 Å². The zero-order chi connectivity index (χ0) is 18.7. The normalized spacial score (nSPS) is 20.8. The van der Waals surface area contributed by atoms with Crippen LogP contribution in [0.4, 0.5) is 5.00 Å². The minimum atomic E-state index is 0. The van der Waals surface area contributed by atoms with E-state index in [4.69, 9.17) is 14.5 Å². The number of rotatable bonds is 9. The molecule has 0 bridgehead atoms. The summed E-state index contributed by atoms with van der Waals surface area (Å²) in [4.78, 5) is 7.21. The molecule has 6 nitrogen and oxygen atoms in total. The molecule has 1 aromatic rings. The maximum absolute atomic E-state index is 5.76. The molecule has 3 heterocycles. The largest absolute Gasteiger partial charge is 0.381 e. The number of nitrogens with one attached hydrogen (secondary N) is 2. The fraction of sp³-hybridized carbons (Fsp3) is 0.750. The van der Waals surface area contributed by atoms with Gasteiger partial charge in [-0.2, -0.15) is 0 Å². The van der Waals surface area contributed by atoms with Crippen molar-refractivity contribution in [1.82, 2.24) is 10.6 Å². The number of ether oxygens (including phenoxy) is 2. The summed E-state index contributed by atoms with van der Waals surface area (Å²) in [5, 5.41) is 10.5. The number of aliphatic imine (C=N–C) groups is 1. The van der Waals surface area contributed by atoms with Gasteiger partial charge in [0.05, 0.1) is 18.2 Å². The van der Waals surface area contributed by atoms with E-state index in [-0.39, 0.29) is 24.0 Å². The minimum Gasteiger partial charge on any atom is -0.381 e. The first kappa shape index (κ1) is 23.7. The SMILES string of the molecule is CCNC(=NCCCOCC1CCOC1)NC1CCN(c2cccs2)CC1.I. The van der Waals surface area contributed by atoms with E-state index in [0.29, 0.717) is 12.0 Å². The molecular formula is C20H35IN4O2S. The van der Waals surface area contributed by atoms with Gasteiger partial charge in [-0.05, 0) is 50.1 Å². The van der Waals surface area contributed by atoms with E-state index in [9.17, 15) is 0 Å². The first-order valence-corrected chi connectivity index (χ1v) is 11.2. The van der Waals surface area contributed by atoms with Crippen LogP contribution in [0.3, 0.4) is 0 Å². The number of thiophene rings is 1. The van der Waals surface area contributed by atoms with Crippen LogP contribution < -0.4 is 15.5 Å². The van der Waals surface area contributed by atoms with Crippen molar-refractivity contribution in [3.8, 4) is 0 Å². The third kappa shape index (κ3) is 8.04. The predicted molar refractivity (Wildman–Crippen MR) is 128 cm³/mol. The lowest BCUT2D eigenvalue weighted by atomic mass is 10.1. The van der Waals surface area contributed by atoms with Crippen LogP contribution in [0.25, 0.3) is 0 Å². The van der Waals surface area contributed by atoms with Gasteiger partial charge in [0.1, 0.15) is 0 Å². The highest BCUT2D eigenvalue weighted by Gasteiger charge is 2.20. The Balaban J connectivity index is 0.00000280. The summed E-state index contributed by atoms with van der Waals surface area (Å²) < 4.78 is 11.1. The van der Waals surface area contributed by atoms with E-state index < -0.39 is 0 Å². The number of hydrogen-bond acceptors (Lipinski definition) is 5. The quantitative estimate of drug-likeness (QED) is 0.226. The van der Waals surface area contributed by atoms with E-state index in [1.165, 1.54) is 5.00 Å². The monoisotopic (exact) mass is 522 g/mol. The molecule has 28 heavy (non-hydrogen) atoms. The second-order valence-corrected chi connectivity index (χ2v) is 8.20. The molecule has 0 spiro atoms. The number of hydrogen-bond donors (Lipinski definition) is 2. The van der Waals surface area contributed by atoms with Gasteiger partial charge in [0.15, 0.2) is 5.96 Å². The second-order valence-electron chi connectivity index (χ2n) is 7.28. The van der Waals surface area contributed by atoms with Crippen LogP contribution in [-0.4, -0.2) is 64.6 Å². The Morgan fingerprint density at radius 1 is 1.36 bits per heavy atom. The van der Waals surface area contributed by atoms with Crippen molar-refractivity contribution < 1.29 is 9.47 Å². The molecule has 2 saturated heterocycles. The van der Waals surface area contributed by atoms with Crippen molar-refractivity contribution in [2.75, 3.05) is 57.5 Å². The van der Waals surface area contributed by atoms with E-state index in [0.717, 1.165) is 84.2 Å². The van der Waals surface area contributed by atoms with Crippen molar-refractivity contribution >= 4 is 46.3 Å². The lowest BCUT2D eigenvalue weighted by Gasteiger charge is -2.33. The van der Waals surface area contributed by atoms with Crippen molar-refractivity contribution in [2.45, 2.75) is 38.6 Å². The molecule has 0 aromatic carbocycles. The summed E-state index contributed by atoms with van der Waals surface area (Å²) in [6.07, 6.45) is 4.39. The van der Waals surface area contributed by atoms with Gasteiger partial charge >= 0.3 is 0 Å². The van der Waals surface area contributed by atoms with Crippen molar-refractivity contribution in [3.05, 3.63) is 17.5 Å². The van der Waals surface area contributed by atoms with E-state index in [1.54, 1.807) is 0 Å². The first-order chi connectivity index (χ1) is 13.3. The molecule has 0 saturated carbocycles. The van der Waals surface area contributed by atoms with Gasteiger partial charge in [0, 0.05) is 51.4 Å². The summed E-state index contributed by atoms with van der Waals surface area (Å²) in [6.45, 7) is 9.36. The van der Waals surface area contributed by atoms with Crippen LogP contribution in [0.2, 0.25) is 0 Å². The Labute approximate surface area is 190 Å². The lowest BCUT2D eigenvalue weighted by Crippen LogP contribution is -2.48. The molecule has 3 rings (SSSR count). The van der Waals surface area contributed by atoms with Crippen LogP contribution >= 0.6 is 35.3 Å². The van der Waals surface area contributed by atoms with Gasteiger partial charge in [-0.15, -0.1) is 35.3 Å². The lowest BCUT2D eigenvalue weighted by molar-refractivity contribution is 0.0893. The topological polar surface area (TPSA) is 58.1 Å². The Kier molecular flexibility index (Phi) is 11.5. The van der Waals surface area contributed by atoms with Crippen molar-refractivity contribution in [1.29, 1.82) is 0 Å². The maximum atomic E-state index is 5.76. The fourth-order valence-corrected chi connectivity index (χ4v) is 4.32. The number of halogens is 1. The summed E-state index contributed by atoms with van der Waals surface area (Å²) >= 11 is 1.83. The summed E-state index contributed by atoms with van der Waals surface area (Å²) in [7, 11) is 0. The Morgan fingerprint density at radius 2 is 2.21 bits per heavy atom. The van der Waals surface area contributed by atoms with E-state index in [1.807, 2.05) is 11.3 Å². The molecule has 2 aliphatic rings. The van der Waals surface area contributed by atoms with Crippen LogP contribution in [-0.2, 0) is 9.47 Å². The Hall–Kier alpha value is -0.580. The fourth-order valence-electron chi connectivity index (χ4n) is 3.53. The molecule has 0 aliphatic carbocycles. The van der Waals surface area contributed by atoms with Gasteiger partial charge in [-0.25, -0.2) is 0 Å². The molecule has 1 aromatic heterocycles. The number of piperidine rings is 1. The highest BCUT2D eigenvalue weighted by atomic mass is 127. The molecule has 2 aliphatic heterocycles. The van der Waals surface area contributed by atoms with Crippen LogP contribution in [0.1, 0.15) is 32.6 Å². The molecular weight excluding hydrogens is 487 g/mol. The molecule has 8 heteroatoms. The summed E-state index contributed by atoms with van der Waals surface area (Å²) in [6, 6.07) is 4.84. The summed E-state index contributed by atoms with van der Waals surface area (Å²) in [5.74, 6) is 1.53. The van der Waals surface area contributed by atoms with E-state index >= 15 is 0 Å². The zero-order valence-corrected chi connectivity index (χ0v) is 20.0. The van der Waals surface area contributed by atoms with E-state index in [2.05, 4.69) is 40.0 Å². The first-order valence-electron chi connectivity index (χ1n) is 10.3. The second kappa shape index (κ2) is 13.6. The third-order valence-electron chi connectivity index (χ3n) is 5.09. The highest BCUT2D eigenvalue weighted by molar-refractivity contribution is 14.0. The smallest absolute Gasteiger partial charge is 0.191 e. The molecule has 1 atom stereocenters. The molecule has 2 fully saturated rings. The minimum absolute atomic E-state index is 0. The average molecular weight is 522 g/mol. The predicted octanol–water partition coefficient (Wildman–Crippen LogP) is 3.33. The standard InChI is InChI=1S/C20H34N4O2S.HI/c1-2-21-20(22-9-4-12-25-15-17-8-13-26-16-17)23-18-6-10-24(11-7-18)19-5-3-14-27-19;/h3,5,14,17-18H,2,4,6-13,15-16H2,1H3,(H2,21,22,23);1H. The van der Waals surface area contributed by atoms with Gasteiger partial charge in [0.25, 0.3) is 0 Å². The van der Waals surface area contributed by atoms with Crippen molar-refractivity contribution in [3.63, 3.8) is 0 Å². The van der Waals surface area contributed by atoms with Crippen molar-refractivity contribution in [2.24, 2.45) is 10.9 Å². The summed E-state index contributed by atoms with van der Waals surface area (Å²) in [5.41, 5.74) is 0. The Bertz CT molecular complexity index is 544.